The molecule has 8 heteroatoms. The first-order valence-corrected chi connectivity index (χ1v) is 4.85. The van der Waals surface area contributed by atoms with Gasteiger partial charge in [0.1, 0.15) is 5.69 Å². The molecule has 0 aliphatic heterocycles. The Labute approximate surface area is 99.8 Å². The third kappa shape index (κ3) is 3.67. The fourth-order valence-corrected chi connectivity index (χ4v) is 1.20. The van der Waals surface area contributed by atoms with Crippen molar-refractivity contribution in [2.45, 2.75) is 12.8 Å². The number of halogens is 3. The number of carboxylic acids is 1. The second kappa shape index (κ2) is 5.78. The van der Waals surface area contributed by atoms with E-state index < -0.39 is 24.4 Å². The molecular formula is C10H10F3NO4. The minimum atomic E-state index is -4.65. The molecule has 1 aromatic heterocycles. The molecule has 0 unspecified atom stereocenters. The van der Waals surface area contributed by atoms with Gasteiger partial charge in [-0.15, -0.1) is 0 Å². The van der Waals surface area contributed by atoms with Crippen LogP contribution in [-0.2, 0) is 17.5 Å². The van der Waals surface area contributed by atoms with Gasteiger partial charge in [0.2, 0.25) is 0 Å². The topological polar surface area (TPSA) is 79.7 Å². The average molecular weight is 265 g/mol. The second-order valence-corrected chi connectivity index (χ2v) is 3.27. The molecule has 0 aliphatic carbocycles. The van der Waals surface area contributed by atoms with Gasteiger partial charge in [-0.3, -0.25) is 0 Å². The highest BCUT2D eigenvalue weighted by Crippen LogP contribution is 2.28. The molecule has 0 fully saturated rings. The van der Waals surface area contributed by atoms with Crippen LogP contribution in [0.15, 0.2) is 12.1 Å². The van der Waals surface area contributed by atoms with Crippen molar-refractivity contribution in [3.63, 3.8) is 0 Å². The van der Waals surface area contributed by atoms with Crippen molar-refractivity contribution in [2.24, 2.45) is 0 Å². The molecule has 1 heterocycles. The van der Waals surface area contributed by atoms with Gasteiger partial charge >= 0.3 is 12.1 Å². The van der Waals surface area contributed by atoms with Gasteiger partial charge in [0.15, 0.2) is 0 Å². The molecular weight excluding hydrogens is 255 g/mol. The second-order valence-electron chi connectivity index (χ2n) is 3.27. The zero-order chi connectivity index (χ0) is 13.8. The average Bonchev–Trinajstić information content (AvgIpc) is 2.27. The van der Waals surface area contributed by atoms with Crippen molar-refractivity contribution in [3.05, 3.63) is 29.1 Å². The van der Waals surface area contributed by atoms with Crippen LogP contribution >= 0.6 is 0 Å². The van der Waals surface area contributed by atoms with E-state index in [-0.39, 0.29) is 24.5 Å². The van der Waals surface area contributed by atoms with Gasteiger partial charge < -0.3 is 14.9 Å². The first kappa shape index (κ1) is 14.4. The fraction of sp³-hybridized carbons (Fsp3) is 0.400. The van der Waals surface area contributed by atoms with Crippen molar-refractivity contribution < 1.29 is 32.9 Å². The minimum Gasteiger partial charge on any atom is -0.478 e. The molecule has 0 spiro atoms. The molecule has 0 aliphatic rings. The lowest BCUT2D eigenvalue weighted by atomic mass is 10.1. The van der Waals surface area contributed by atoms with Gasteiger partial charge in [-0.25, -0.2) is 9.78 Å². The molecule has 18 heavy (non-hydrogen) atoms. The van der Waals surface area contributed by atoms with Gasteiger partial charge in [0, 0.05) is 0 Å². The first-order valence-electron chi connectivity index (χ1n) is 4.85. The van der Waals surface area contributed by atoms with Gasteiger partial charge in [0.25, 0.3) is 0 Å². The number of aromatic carboxylic acids is 1. The first-order chi connectivity index (χ1) is 8.36. The smallest absolute Gasteiger partial charge is 0.433 e. The molecule has 0 aromatic carbocycles. The van der Waals surface area contributed by atoms with Crippen molar-refractivity contribution in [1.29, 1.82) is 0 Å². The standard InChI is InChI=1S/C10H10F3NO4/c11-10(12,13)8-2-1-6(9(16)17)7(14-8)5-18-4-3-15/h1-2,15H,3-5H2,(H,16,17). The predicted molar refractivity (Wildman–Crippen MR) is 52.9 cm³/mol. The van der Waals surface area contributed by atoms with E-state index in [1.165, 1.54) is 0 Å². The molecule has 1 aromatic rings. The molecule has 5 nitrogen and oxygen atoms in total. The van der Waals surface area contributed by atoms with Crippen LogP contribution in [0.25, 0.3) is 0 Å². The summed E-state index contributed by atoms with van der Waals surface area (Å²) < 4.78 is 42.0. The Bertz CT molecular complexity index is 434. The summed E-state index contributed by atoms with van der Waals surface area (Å²) in [6.45, 7) is -0.843. The van der Waals surface area contributed by atoms with Gasteiger partial charge in [-0.2, -0.15) is 13.2 Å². The van der Waals surface area contributed by atoms with E-state index in [2.05, 4.69) is 4.98 Å². The van der Waals surface area contributed by atoms with E-state index in [0.717, 1.165) is 6.07 Å². The van der Waals surface area contributed by atoms with Crippen LogP contribution in [0.1, 0.15) is 21.7 Å². The lowest BCUT2D eigenvalue weighted by Crippen LogP contribution is -2.14. The molecule has 100 valence electrons. The van der Waals surface area contributed by atoms with Crippen LogP contribution in [0.2, 0.25) is 0 Å². The molecule has 0 bridgehead atoms. The number of ether oxygens (including phenoxy) is 1. The highest BCUT2D eigenvalue weighted by Gasteiger charge is 2.33. The Balaban J connectivity index is 3.04. The Morgan fingerprint density at radius 1 is 1.39 bits per heavy atom. The zero-order valence-electron chi connectivity index (χ0n) is 9.07. The Morgan fingerprint density at radius 3 is 2.56 bits per heavy atom. The highest BCUT2D eigenvalue weighted by atomic mass is 19.4. The van der Waals surface area contributed by atoms with Crippen LogP contribution in [0.4, 0.5) is 13.2 Å². The van der Waals surface area contributed by atoms with Gasteiger partial charge in [0.05, 0.1) is 31.1 Å². The number of rotatable bonds is 5. The highest BCUT2D eigenvalue weighted by molar-refractivity contribution is 5.88. The third-order valence-electron chi connectivity index (χ3n) is 1.97. The number of alkyl halides is 3. The Morgan fingerprint density at radius 2 is 2.06 bits per heavy atom. The quantitative estimate of drug-likeness (QED) is 0.784. The van der Waals surface area contributed by atoms with Crippen LogP contribution in [0.3, 0.4) is 0 Å². The van der Waals surface area contributed by atoms with Crippen molar-refractivity contribution in [2.75, 3.05) is 13.2 Å². The summed E-state index contributed by atoms with van der Waals surface area (Å²) in [5.74, 6) is -1.39. The number of hydrogen-bond acceptors (Lipinski definition) is 4. The maximum atomic E-state index is 12.4. The molecule has 0 radical (unpaired) electrons. The summed E-state index contributed by atoms with van der Waals surface area (Å²) in [5, 5.41) is 17.3. The molecule has 0 saturated carbocycles. The van der Waals surface area contributed by atoms with Crippen LogP contribution in [-0.4, -0.2) is 34.4 Å². The summed E-state index contributed by atoms with van der Waals surface area (Å²) in [4.78, 5) is 14.0. The molecule has 0 saturated heterocycles. The Kier molecular flexibility index (Phi) is 4.62. The number of hydrogen-bond donors (Lipinski definition) is 2. The number of aliphatic hydroxyl groups excluding tert-OH is 1. The Hall–Kier alpha value is -1.67. The van der Waals surface area contributed by atoms with E-state index >= 15 is 0 Å². The van der Waals surface area contributed by atoms with Crippen molar-refractivity contribution in [3.8, 4) is 0 Å². The fourth-order valence-electron chi connectivity index (χ4n) is 1.20. The maximum Gasteiger partial charge on any atom is 0.433 e. The minimum absolute atomic E-state index is 0.114. The monoisotopic (exact) mass is 265 g/mol. The number of aliphatic hydroxyl groups is 1. The van der Waals surface area contributed by atoms with Crippen molar-refractivity contribution >= 4 is 5.97 Å². The summed E-state index contributed by atoms with van der Waals surface area (Å²) in [5.41, 5.74) is -1.87. The van der Waals surface area contributed by atoms with E-state index in [4.69, 9.17) is 14.9 Å². The molecule has 2 N–H and O–H groups in total. The summed E-state index contributed by atoms with van der Waals surface area (Å²) in [6.07, 6.45) is -4.65. The van der Waals surface area contributed by atoms with E-state index in [1.807, 2.05) is 0 Å². The van der Waals surface area contributed by atoms with E-state index in [0.29, 0.717) is 6.07 Å². The molecule has 0 amide bonds. The number of aromatic nitrogens is 1. The summed E-state index contributed by atoms with van der Waals surface area (Å²) in [7, 11) is 0. The van der Waals surface area contributed by atoms with Gasteiger partial charge in [-0.1, -0.05) is 0 Å². The number of nitrogens with zero attached hydrogens (tertiary/aromatic N) is 1. The van der Waals surface area contributed by atoms with Crippen molar-refractivity contribution in [1.82, 2.24) is 4.98 Å². The third-order valence-corrected chi connectivity index (χ3v) is 1.97. The van der Waals surface area contributed by atoms with E-state index in [1.54, 1.807) is 0 Å². The number of pyridine rings is 1. The molecule has 0 atom stereocenters. The molecule has 1 rings (SSSR count). The summed E-state index contributed by atoms with van der Waals surface area (Å²) in [6, 6.07) is 1.43. The lowest BCUT2D eigenvalue weighted by Gasteiger charge is -2.10. The number of carboxylic acid groups (broad SMARTS) is 1. The van der Waals surface area contributed by atoms with Gasteiger partial charge in [-0.05, 0) is 12.1 Å². The van der Waals surface area contributed by atoms with Crippen LogP contribution in [0, 0.1) is 0 Å². The lowest BCUT2D eigenvalue weighted by molar-refractivity contribution is -0.141. The van der Waals surface area contributed by atoms with E-state index in [9.17, 15) is 18.0 Å². The SMILES string of the molecule is O=C(O)c1ccc(C(F)(F)F)nc1COCCO. The largest absolute Gasteiger partial charge is 0.478 e. The maximum absolute atomic E-state index is 12.4. The van der Waals surface area contributed by atoms with Crippen LogP contribution < -0.4 is 0 Å². The normalized spacial score (nSPS) is 11.6. The number of carbonyl (C=O) groups is 1. The predicted octanol–water partition coefficient (Wildman–Crippen LogP) is 1.31. The summed E-state index contributed by atoms with van der Waals surface area (Å²) >= 11 is 0. The van der Waals surface area contributed by atoms with Crippen LogP contribution in [0.5, 0.6) is 0 Å². The zero-order valence-corrected chi connectivity index (χ0v) is 9.07.